The largest absolute Gasteiger partial charge is 0.691 e. The fraction of sp³-hybridized carbons (Fsp3) is 0.441. The van der Waals surface area contributed by atoms with Gasteiger partial charge in [0.2, 0.25) is 0 Å². The molecule has 4 saturated carbocycles. The molecule has 0 aliphatic heterocycles. The Morgan fingerprint density at radius 1 is 0.864 bits per heavy atom. The van der Waals surface area contributed by atoms with Crippen LogP contribution in [-0.4, -0.2) is 28.5 Å². The van der Waals surface area contributed by atoms with Gasteiger partial charge in [0.15, 0.2) is 14.7 Å². The van der Waals surface area contributed by atoms with Gasteiger partial charge >= 0.3 is 11.2 Å². The number of ether oxygens (including phenoxy) is 1. The standard InChI is InChI=1S/C21H21S.C13H18F2O6S/c1-16-4-10-19(11-5-16)22(20-12-6-17(2)7-13-20)21-14-8-18(3)9-15-21;14-13(15,22-21-20-18)10(16)19-7-11-2-8-1-9(3-11)5-12(17,4-8)6-11/h4-15H,1-3H3;8-9,17-18H,1-7H2/q+1;/p-1. The molecule has 3 aromatic rings. The smallest absolute Gasteiger partial charge is 0.415 e. The Hall–Kier alpha value is -2.47. The van der Waals surface area contributed by atoms with Gasteiger partial charge in [0.05, 0.1) is 23.1 Å². The van der Waals surface area contributed by atoms with Crippen molar-refractivity contribution in [1.82, 2.24) is 0 Å². The number of carbonyl (C=O) groups is 1. The minimum atomic E-state index is -4.01. The number of alkyl halides is 2. The molecule has 7 rings (SSSR count). The Labute approximate surface area is 264 Å². The molecule has 0 spiro atoms. The van der Waals surface area contributed by atoms with Gasteiger partial charge in [-0.3, -0.25) is 5.04 Å². The van der Waals surface area contributed by atoms with Crippen molar-refractivity contribution in [1.29, 1.82) is 0 Å². The molecule has 0 amide bonds. The maximum absolute atomic E-state index is 13.3. The molecule has 0 radical (unpaired) electrons. The first kappa shape index (κ1) is 32.9. The maximum atomic E-state index is 13.3. The van der Waals surface area contributed by atoms with Crippen LogP contribution in [0.5, 0.6) is 0 Å². The summed E-state index contributed by atoms with van der Waals surface area (Å²) >= 11 is -0.689. The Morgan fingerprint density at radius 3 is 1.68 bits per heavy atom. The molecule has 4 aliphatic rings. The number of halogens is 2. The van der Waals surface area contributed by atoms with Crippen LogP contribution in [0.4, 0.5) is 8.78 Å². The number of aryl methyl sites for hydroxylation is 3. The second-order valence-corrected chi connectivity index (χ2v) is 15.6. The van der Waals surface area contributed by atoms with Crippen molar-refractivity contribution in [3.63, 3.8) is 0 Å². The third kappa shape index (κ3) is 7.84. The summed E-state index contributed by atoms with van der Waals surface area (Å²) in [5.74, 6) is -1.02. The van der Waals surface area contributed by atoms with E-state index in [-0.39, 0.29) is 17.5 Å². The zero-order valence-corrected chi connectivity index (χ0v) is 26.7. The first-order valence-corrected chi connectivity index (χ1v) is 16.7. The molecule has 0 saturated heterocycles. The van der Waals surface area contributed by atoms with Crippen LogP contribution in [0.25, 0.3) is 0 Å². The number of hydrogen-bond acceptors (Lipinski definition) is 7. The average Bonchev–Trinajstić information content (AvgIpc) is 2.97. The normalized spacial score (nSPS) is 25.5. The van der Waals surface area contributed by atoms with Crippen molar-refractivity contribution in [2.24, 2.45) is 17.3 Å². The lowest BCUT2D eigenvalue weighted by atomic mass is 9.48. The average molecular weight is 645 g/mol. The van der Waals surface area contributed by atoms with Crippen molar-refractivity contribution in [3.8, 4) is 0 Å². The molecule has 44 heavy (non-hydrogen) atoms. The van der Waals surface area contributed by atoms with Crippen LogP contribution in [0, 0.1) is 38.0 Å². The van der Waals surface area contributed by atoms with Gasteiger partial charge in [-0.2, -0.15) is 13.1 Å². The summed E-state index contributed by atoms with van der Waals surface area (Å²) in [6.07, 6.45) is 4.62. The monoisotopic (exact) mass is 644 g/mol. The van der Waals surface area contributed by atoms with Crippen LogP contribution in [-0.2, 0) is 29.8 Å². The third-order valence-electron chi connectivity index (χ3n) is 8.83. The maximum Gasteiger partial charge on any atom is 0.415 e. The lowest BCUT2D eigenvalue weighted by Gasteiger charge is -2.59. The van der Waals surface area contributed by atoms with E-state index in [1.165, 1.54) is 31.4 Å². The zero-order valence-electron chi connectivity index (χ0n) is 25.1. The van der Waals surface area contributed by atoms with Crippen LogP contribution < -0.4 is 5.26 Å². The Morgan fingerprint density at radius 2 is 1.30 bits per heavy atom. The van der Waals surface area contributed by atoms with E-state index >= 15 is 0 Å². The highest BCUT2D eigenvalue weighted by atomic mass is 32.2. The first-order valence-electron chi connectivity index (χ1n) is 14.8. The van der Waals surface area contributed by atoms with E-state index in [9.17, 15) is 23.9 Å². The molecule has 2 unspecified atom stereocenters. The highest BCUT2D eigenvalue weighted by Gasteiger charge is 2.58. The van der Waals surface area contributed by atoms with Crippen LogP contribution in [0.3, 0.4) is 0 Å². The Kier molecular flexibility index (Phi) is 10.1. The molecule has 1 N–H and O–H groups in total. The van der Waals surface area contributed by atoms with Crippen molar-refractivity contribution in [2.45, 2.75) is 84.8 Å². The highest BCUT2D eigenvalue weighted by molar-refractivity contribution is 7.97. The summed E-state index contributed by atoms with van der Waals surface area (Å²) in [7, 11) is -0.0394. The van der Waals surface area contributed by atoms with Crippen molar-refractivity contribution >= 4 is 28.9 Å². The molecule has 6 nitrogen and oxygen atoms in total. The first-order chi connectivity index (χ1) is 20.9. The molecule has 2 atom stereocenters. The minimum Gasteiger partial charge on any atom is -0.691 e. The molecule has 10 heteroatoms. The third-order valence-corrected chi connectivity index (χ3v) is 11.6. The zero-order chi connectivity index (χ0) is 31.5. The summed E-state index contributed by atoms with van der Waals surface area (Å²) in [4.78, 5) is 15.6. The van der Waals surface area contributed by atoms with Crippen LogP contribution >= 0.6 is 12.0 Å². The molecule has 4 bridgehead atoms. The summed E-state index contributed by atoms with van der Waals surface area (Å²) in [6.45, 7) is 6.27. The van der Waals surface area contributed by atoms with Gasteiger partial charge in [-0.05, 0) is 108 Å². The topological polar surface area (TPSA) is 88.1 Å². The molecule has 4 aliphatic carbocycles. The van der Waals surface area contributed by atoms with E-state index in [1.807, 2.05) is 0 Å². The summed E-state index contributed by atoms with van der Waals surface area (Å²) < 4.78 is 34.9. The fourth-order valence-electron chi connectivity index (χ4n) is 7.40. The minimum absolute atomic E-state index is 0.0394. The van der Waals surface area contributed by atoms with E-state index in [4.69, 9.17) is 4.74 Å². The van der Waals surface area contributed by atoms with Crippen molar-refractivity contribution in [3.05, 3.63) is 89.5 Å². The van der Waals surface area contributed by atoms with Gasteiger partial charge < -0.3 is 15.1 Å². The van der Waals surface area contributed by atoms with Crippen molar-refractivity contribution < 1.29 is 38.0 Å². The number of benzene rings is 3. The van der Waals surface area contributed by atoms with Crippen LogP contribution in [0.1, 0.15) is 55.2 Å². The van der Waals surface area contributed by atoms with Crippen LogP contribution in [0.15, 0.2) is 87.5 Å². The van der Waals surface area contributed by atoms with Gasteiger partial charge in [-0.15, -0.1) is 0 Å². The predicted octanol–water partition coefficient (Wildman–Crippen LogP) is 7.03. The lowest BCUT2D eigenvalue weighted by Crippen LogP contribution is -2.57. The fourth-order valence-corrected chi connectivity index (χ4v) is 9.68. The SMILES string of the molecule is Cc1ccc([S+](c2ccc(C)cc2)c2ccc(C)cc2)cc1.O=C(OCC12CC3CC(CC(O)(C3)C1)C2)C(F)(F)SOO[O-]. The molecule has 0 heterocycles. The summed E-state index contributed by atoms with van der Waals surface area (Å²) in [6, 6.07) is 26.8. The number of aliphatic hydroxyl groups is 1. The number of hydrogen-bond donors (Lipinski definition) is 1. The molecule has 0 aromatic heterocycles. The molecule has 4 fully saturated rings. The Balaban J connectivity index is 0.000000175. The van der Waals surface area contributed by atoms with E-state index in [2.05, 4.69) is 103 Å². The number of carbonyl (C=O) groups excluding carboxylic acids is 1. The van der Waals surface area contributed by atoms with Gasteiger partial charge in [-0.1, -0.05) is 53.1 Å². The molecular weight excluding hydrogens is 606 g/mol. The van der Waals surface area contributed by atoms with E-state index in [1.54, 1.807) is 0 Å². The van der Waals surface area contributed by atoms with E-state index < -0.39 is 34.3 Å². The van der Waals surface area contributed by atoms with Gasteiger partial charge in [-0.25, -0.2) is 4.79 Å². The molecular formula is C34H38F2O6S2. The highest BCUT2D eigenvalue weighted by Crippen LogP contribution is 2.61. The summed E-state index contributed by atoms with van der Waals surface area (Å²) in [5.41, 5.74) is 2.76. The van der Waals surface area contributed by atoms with E-state index in [0.717, 1.165) is 32.1 Å². The van der Waals surface area contributed by atoms with E-state index in [0.29, 0.717) is 18.3 Å². The number of rotatable bonds is 9. The Bertz CT molecular complexity index is 1290. The van der Waals surface area contributed by atoms with Crippen LogP contribution in [0.2, 0.25) is 0 Å². The lowest BCUT2D eigenvalue weighted by molar-refractivity contribution is -0.777. The second kappa shape index (κ2) is 13.5. The molecule has 3 aromatic carbocycles. The summed E-state index contributed by atoms with van der Waals surface area (Å²) in [5, 5.41) is 18.9. The molecule has 236 valence electrons. The number of esters is 1. The van der Waals surface area contributed by atoms with Gasteiger partial charge in [0.1, 0.15) is 12.0 Å². The second-order valence-electron chi connectivity index (χ2n) is 12.7. The predicted molar refractivity (Wildman–Crippen MR) is 163 cm³/mol. The van der Waals surface area contributed by atoms with Gasteiger partial charge in [0, 0.05) is 5.41 Å². The van der Waals surface area contributed by atoms with Crippen molar-refractivity contribution in [2.75, 3.05) is 6.61 Å². The van der Waals surface area contributed by atoms with Gasteiger partial charge in [0.25, 0.3) is 0 Å². The quantitative estimate of drug-likeness (QED) is 0.0880.